The second-order valence-electron chi connectivity index (χ2n) is 5.10. The third kappa shape index (κ3) is 5.27. The Morgan fingerprint density at radius 2 is 2.20 bits per heavy atom. The van der Waals surface area contributed by atoms with Gasteiger partial charge in [-0.05, 0) is 6.92 Å². The quantitative estimate of drug-likeness (QED) is 0.670. The van der Waals surface area contributed by atoms with Crippen molar-refractivity contribution in [1.82, 2.24) is 20.0 Å². The van der Waals surface area contributed by atoms with Gasteiger partial charge in [-0.2, -0.15) is 5.10 Å². The number of aromatic nitrogens is 2. The number of carboxylic acid groups (broad SMARTS) is 1. The first kappa shape index (κ1) is 16.0. The molecular formula is C12H20N4O4. The minimum absolute atomic E-state index is 0.129. The molecule has 1 aromatic rings. The van der Waals surface area contributed by atoms with Gasteiger partial charge in [0.2, 0.25) is 0 Å². The minimum atomic E-state index is -1.48. The van der Waals surface area contributed by atoms with Crippen LogP contribution in [0.15, 0.2) is 12.4 Å². The smallest absolute Gasteiger partial charge is 0.317 e. The molecule has 0 saturated heterocycles. The van der Waals surface area contributed by atoms with Gasteiger partial charge < -0.3 is 20.4 Å². The lowest BCUT2D eigenvalue weighted by atomic mass is 10.0. The van der Waals surface area contributed by atoms with Gasteiger partial charge in [0.25, 0.3) is 0 Å². The number of carbonyl (C=O) groups excluding carboxylic acids is 1. The maximum Gasteiger partial charge on any atom is 0.317 e. The van der Waals surface area contributed by atoms with E-state index < -0.39 is 18.0 Å². The predicted octanol–water partition coefficient (Wildman–Crippen LogP) is -0.213. The average molecular weight is 284 g/mol. The van der Waals surface area contributed by atoms with Gasteiger partial charge in [0.1, 0.15) is 0 Å². The van der Waals surface area contributed by atoms with Gasteiger partial charge in [-0.25, -0.2) is 4.79 Å². The van der Waals surface area contributed by atoms with Crippen LogP contribution in [0.1, 0.15) is 18.9 Å². The molecule has 0 aliphatic carbocycles. The summed E-state index contributed by atoms with van der Waals surface area (Å²) in [7, 11) is 3.39. The average Bonchev–Trinajstić information content (AvgIpc) is 2.70. The van der Waals surface area contributed by atoms with Crippen LogP contribution in [0.3, 0.4) is 0 Å². The van der Waals surface area contributed by atoms with Gasteiger partial charge in [-0.3, -0.25) is 9.48 Å². The highest BCUT2D eigenvalue weighted by Gasteiger charge is 2.25. The fourth-order valence-corrected chi connectivity index (χ4v) is 1.69. The fourth-order valence-electron chi connectivity index (χ4n) is 1.69. The molecule has 0 aliphatic heterocycles. The Balaban J connectivity index is 2.44. The largest absolute Gasteiger partial charge is 0.481 e. The molecule has 0 fully saturated rings. The summed E-state index contributed by atoms with van der Waals surface area (Å²) in [6, 6.07) is -0.389. The van der Waals surface area contributed by atoms with Crippen molar-refractivity contribution >= 4 is 12.0 Å². The van der Waals surface area contributed by atoms with Crippen LogP contribution in [0.25, 0.3) is 0 Å². The molecule has 1 heterocycles. The molecule has 3 N–H and O–H groups in total. The molecule has 1 rings (SSSR count). The Morgan fingerprint density at radius 1 is 1.55 bits per heavy atom. The first-order valence-electron chi connectivity index (χ1n) is 6.10. The number of amides is 2. The molecule has 1 atom stereocenters. The maximum atomic E-state index is 11.8. The number of rotatable bonds is 6. The van der Waals surface area contributed by atoms with Crippen molar-refractivity contribution < 1.29 is 19.8 Å². The highest BCUT2D eigenvalue weighted by molar-refractivity contribution is 5.74. The number of carbonyl (C=O) groups is 2. The molecule has 8 nitrogen and oxygen atoms in total. The number of hydrogen-bond donors (Lipinski definition) is 3. The first-order chi connectivity index (χ1) is 9.19. The van der Waals surface area contributed by atoms with Gasteiger partial charge >= 0.3 is 12.0 Å². The maximum absolute atomic E-state index is 11.8. The summed E-state index contributed by atoms with van der Waals surface area (Å²) in [6.07, 6.45) is 3.02. The topological polar surface area (TPSA) is 108 Å². The molecule has 0 aromatic carbocycles. The number of aryl methyl sites for hydroxylation is 1. The molecule has 2 amide bonds. The molecule has 20 heavy (non-hydrogen) atoms. The van der Waals surface area contributed by atoms with Crippen LogP contribution in [-0.4, -0.2) is 56.1 Å². The fraction of sp³-hybridized carbons (Fsp3) is 0.583. The molecule has 0 saturated carbocycles. The Labute approximate surface area is 117 Å². The standard InChI is InChI=1S/C12H20N4O4/c1-12(20,4-10(17)18)8-13-11(19)15(2)6-9-5-14-16(3)7-9/h5,7,20H,4,6,8H2,1-3H3,(H,13,19)(H,17,18). The summed E-state index contributed by atoms with van der Waals surface area (Å²) in [4.78, 5) is 23.8. The summed E-state index contributed by atoms with van der Waals surface area (Å²) < 4.78 is 1.64. The number of nitrogens with zero attached hydrogens (tertiary/aromatic N) is 3. The van der Waals surface area contributed by atoms with Crippen molar-refractivity contribution in [3.05, 3.63) is 18.0 Å². The SMILES string of the molecule is CN(Cc1cnn(C)c1)C(=O)NCC(C)(O)CC(=O)O. The predicted molar refractivity (Wildman–Crippen MR) is 71.0 cm³/mol. The van der Waals surface area contributed by atoms with Crippen molar-refractivity contribution in [2.24, 2.45) is 7.05 Å². The highest BCUT2D eigenvalue weighted by atomic mass is 16.4. The van der Waals surface area contributed by atoms with Crippen LogP contribution in [0, 0.1) is 0 Å². The van der Waals surface area contributed by atoms with Gasteiger partial charge in [0.15, 0.2) is 0 Å². The molecule has 0 spiro atoms. The molecular weight excluding hydrogens is 264 g/mol. The van der Waals surface area contributed by atoms with E-state index in [9.17, 15) is 14.7 Å². The third-order valence-corrected chi connectivity index (χ3v) is 2.68. The zero-order valence-corrected chi connectivity index (χ0v) is 11.8. The van der Waals surface area contributed by atoms with Gasteiger partial charge in [-0.15, -0.1) is 0 Å². The Bertz CT molecular complexity index is 484. The highest BCUT2D eigenvalue weighted by Crippen LogP contribution is 2.08. The first-order valence-corrected chi connectivity index (χ1v) is 6.10. The van der Waals surface area contributed by atoms with E-state index in [1.54, 1.807) is 31.2 Å². The second kappa shape index (κ2) is 6.38. The Hall–Kier alpha value is -2.09. The van der Waals surface area contributed by atoms with Crippen molar-refractivity contribution in [2.75, 3.05) is 13.6 Å². The normalized spacial score (nSPS) is 13.6. The summed E-state index contributed by atoms with van der Waals surface area (Å²) in [5, 5.41) is 24.9. The zero-order chi connectivity index (χ0) is 15.3. The van der Waals surface area contributed by atoms with Gasteiger partial charge in [-0.1, -0.05) is 0 Å². The van der Waals surface area contributed by atoms with Gasteiger partial charge in [0.05, 0.1) is 24.8 Å². The molecule has 0 aliphatic rings. The van der Waals surface area contributed by atoms with E-state index in [4.69, 9.17) is 5.11 Å². The van der Waals surface area contributed by atoms with E-state index in [0.29, 0.717) is 6.54 Å². The number of hydrogen-bond acceptors (Lipinski definition) is 4. The monoisotopic (exact) mass is 284 g/mol. The molecule has 1 unspecified atom stereocenters. The zero-order valence-electron chi connectivity index (χ0n) is 11.8. The van der Waals surface area contributed by atoms with E-state index in [0.717, 1.165) is 5.56 Å². The van der Waals surface area contributed by atoms with E-state index in [1.165, 1.54) is 11.8 Å². The third-order valence-electron chi connectivity index (χ3n) is 2.68. The van der Waals surface area contributed by atoms with Crippen LogP contribution in [0.4, 0.5) is 4.79 Å². The Kier molecular flexibility index (Phi) is 5.09. The van der Waals surface area contributed by atoms with Crippen molar-refractivity contribution in [3.8, 4) is 0 Å². The van der Waals surface area contributed by atoms with E-state index in [-0.39, 0.29) is 12.6 Å². The van der Waals surface area contributed by atoms with Crippen LogP contribution in [0.5, 0.6) is 0 Å². The van der Waals surface area contributed by atoms with E-state index in [2.05, 4.69) is 10.4 Å². The van der Waals surface area contributed by atoms with Crippen LogP contribution >= 0.6 is 0 Å². The van der Waals surface area contributed by atoms with Gasteiger partial charge in [0, 0.05) is 32.4 Å². The van der Waals surface area contributed by atoms with Crippen LogP contribution < -0.4 is 5.32 Å². The van der Waals surface area contributed by atoms with Crippen molar-refractivity contribution in [2.45, 2.75) is 25.5 Å². The summed E-state index contributed by atoms with van der Waals surface area (Å²) in [5.74, 6) is -1.12. The van der Waals surface area contributed by atoms with Crippen molar-refractivity contribution in [1.29, 1.82) is 0 Å². The minimum Gasteiger partial charge on any atom is -0.481 e. The lowest BCUT2D eigenvalue weighted by molar-refractivity contribution is -0.141. The number of urea groups is 1. The number of aliphatic carboxylic acids is 1. The number of aliphatic hydroxyl groups is 1. The van der Waals surface area contributed by atoms with Crippen LogP contribution in [-0.2, 0) is 18.4 Å². The number of nitrogens with one attached hydrogen (secondary N) is 1. The number of carboxylic acids is 1. The summed E-state index contributed by atoms with van der Waals surface area (Å²) in [6.45, 7) is 1.61. The van der Waals surface area contributed by atoms with Crippen molar-refractivity contribution in [3.63, 3.8) is 0 Å². The summed E-state index contributed by atoms with van der Waals surface area (Å²) >= 11 is 0. The molecule has 112 valence electrons. The lowest BCUT2D eigenvalue weighted by Gasteiger charge is -2.24. The van der Waals surface area contributed by atoms with Crippen LogP contribution in [0.2, 0.25) is 0 Å². The molecule has 0 radical (unpaired) electrons. The Morgan fingerprint density at radius 3 is 2.70 bits per heavy atom. The summed E-state index contributed by atoms with van der Waals surface area (Å²) in [5.41, 5.74) is -0.598. The molecule has 8 heteroatoms. The van der Waals surface area contributed by atoms with E-state index >= 15 is 0 Å². The second-order valence-corrected chi connectivity index (χ2v) is 5.10. The molecule has 0 bridgehead atoms. The van der Waals surface area contributed by atoms with E-state index in [1.807, 2.05) is 0 Å². The lowest BCUT2D eigenvalue weighted by Crippen LogP contribution is -2.46. The molecule has 1 aromatic heterocycles.